The number of hydrogen-bond donors (Lipinski definition) is 1. The highest BCUT2D eigenvalue weighted by atomic mass is 35.5. The Morgan fingerprint density at radius 3 is 3.19 bits per heavy atom. The third-order valence-corrected chi connectivity index (χ3v) is 3.80. The number of nitrogens with one attached hydrogen (secondary N) is 1. The molecule has 2 heterocycles. The molecule has 1 aromatic rings. The van der Waals surface area contributed by atoms with Crippen molar-refractivity contribution < 1.29 is 4.74 Å². The molecule has 0 amide bonds. The molecule has 1 unspecified atom stereocenters. The van der Waals surface area contributed by atoms with Crippen molar-refractivity contribution in [1.29, 1.82) is 0 Å². The van der Waals surface area contributed by atoms with Crippen molar-refractivity contribution in [2.24, 2.45) is 0 Å². The van der Waals surface area contributed by atoms with Gasteiger partial charge in [0.25, 0.3) is 0 Å². The van der Waals surface area contributed by atoms with Crippen LogP contribution in [-0.4, -0.2) is 35.7 Å². The first-order chi connectivity index (χ1) is 7.84. The van der Waals surface area contributed by atoms with Crippen molar-refractivity contribution in [2.75, 3.05) is 24.7 Å². The molecule has 0 spiro atoms. The SMILES string of the molecule is Clc1ccc(OCCNC2CCSC2)nc1. The van der Waals surface area contributed by atoms with Crippen molar-refractivity contribution in [3.63, 3.8) is 0 Å². The summed E-state index contributed by atoms with van der Waals surface area (Å²) in [7, 11) is 0. The molecular formula is C11H15ClN2OS. The molecule has 5 heteroatoms. The Bertz CT molecular complexity index is 314. The van der Waals surface area contributed by atoms with Crippen molar-refractivity contribution >= 4 is 23.4 Å². The number of rotatable bonds is 5. The predicted octanol–water partition coefficient (Wildman–Crippen LogP) is 2.21. The minimum atomic E-state index is 0.631. The number of aromatic nitrogens is 1. The summed E-state index contributed by atoms with van der Waals surface area (Å²) in [6, 6.07) is 4.23. The first-order valence-electron chi connectivity index (χ1n) is 5.40. The summed E-state index contributed by atoms with van der Waals surface area (Å²) in [5.41, 5.74) is 0. The van der Waals surface area contributed by atoms with Gasteiger partial charge in [0.2, 0.25) is 5.88 Å². The summed E-state index contributed by atoms with van der Waals surface area (Å²) in [6.07, 6.45) is 2.86. The van der Waals surface area contributed by atoms with E-state index in [4.69, 9.17) is 16.3 Å². The maximum Gasteiger partial charge on any atom is 0.213 e. The number of ether oxygens (including phenoxy) is 1. The lowest BCUT2D eigenvalue weighted by atomic mass is 10.3. The van der Waals surface area contributed by atoms with E-state index in [2.05, 4.69) is 10.3 Å². The molecule has 1 fully saturated rings. The smallest absolute Gasteiger partial charge is 0.213 e. The molecule has 3 nitrogen and oxygen atoms in total. The second kappa shape index (κ2) is 6.33. The standard InChI is InChI=1S/C11H15ClN2OS/c12-9-1-2-11(14-7-9)15-5-4-13-10-3-6-16-8-10/h1-2,7,10,13H,3-6,8H2. The van der Waals surface area contributed by atoms with Gasteiger partial charge in [-0.05, 0) is 18.2 Å². The molecule has 0 aromatic carbocycles. The van der Waals surface area contributed by atoms with E-state index < -0.39 is 0 Å². The maximum atomic E-state index is 5.73. The molecule has 1 N–H and O–H groups in total. The van der Waals surface area contributed by atoms with Gasteiger partial charge in [-0.15, -0.1) is 0 Å². The maximum absolute atomic E-state index is 5.73. The van der Waals surface area contributed by atoms with Gasteiger partial charge in [-0.3, -0.25) is 0 Å². The van der Waals surface area contributed by atoms with Crippen molar-refractivity contribution in [3.8, 4) is 5.88 Å². The molecule has 1 aliphatic rings. The largest absolute Gasteiger partial charge is 0.476 e. The molecule has 0 bridgehead atoms. The fourth-order valence-electron chi connectivity index (χ4n) is 1.56. The second-order valence-electron chi connectivity index (χ2n) is 3.68. The Hall–Kier alpha value is -0.450. The monoisotopic (exact) mass is 258 g/mol. The molecule has 1 saturated heterocycles. The van der Waals surface area contributed by atoms with Gasteiger partial charge in [0, 0.05) is 30.6 Å². The Morgan fingerprint density at radius 1 is 1.56 bits per heavy atom. The summed E-state index contributed by atoms with van der Waals surface area (Å²) in [5.74, 6) is 3.13. The van der Waals surface area contributed by atoms with Crippen LogP contribution in [0.5, 0.6) is 5.88 Å². The Morgan fingerprint density at radius 2 is 2.50 bits per heavy atom. The van der Waals surface area contributed by atoms with E-state index >= 15 is 0 Å². The van der Waals surface area contributed by atoms with Crippen molar-refractivity contribution in [2.45, 2.75) is 12.5 Å². The van der Waals surface area contributed by atoms with Crippen LogP contribution in [0.2, 0.25) is 5.02 Å². The number of hydrogen-bond acceptors (Lipinski definition) is 4. The number of pyridine rings is 1. The Kier molecular flexibility index (Phi) is 4.75. The van der Waals surface area contributed by atoms with Crippen LogP contribution in [0.1, 0.15) is 6.42 Å². The fourth-order valence-corrected chi connectivity index (χ4v) is 2.86. The van der Waals surface area contributed by atoms with E-state index in [9.17, 15) is 0 Å². The zero-order valence-electron chi connectivity index (χ0n) is 8.99. The topological polar surface area (TPSA) is 34.1 Å². The molecule has 1 aromatic heterocycles. The summed E-state index contributed by atoms with van der Waals surface area (Å²) in [6.45, 7) is 1.52. The fraction of sp³-hybridized carbons (Fsp3) is 0.545. The number of nitrogens with zero attached hydrogens (tertiary/aromatic N) is 1. The lowest BCUT2D eigenvalue weighted by Crippen LogP contribution is -2.32. The average molecular weight is 259 g/mol. The summed E-state index contributed by atoms with van der Waals surface area (Å²) < 4.78 is 5.48. The highest BCUT2D eigenvalue weighted by Crippen LogP contribution is 2.16. The van der Waals surface area contributed by atoms with Crippen LogP contribution in [-0.2, 0) is 0 Å². The van der Waals surface area contributed by atoms with Crippen LogP contribution in [0, 0.1) is 0 Å². The van der Waals surface area contributed by atoms with Gasteiger partial charge in [-0.1, -0.05) is 11.6 Å². The van der Waals surface area contributed by atoms with Crippen molar-refractivity contribution in [1.82, 2.24) is 10.3 Å². The van der Waals surface area contributed by atoms with E-state index in [1.165, 1.54) is 17.9 Å². The first kappa shape index (κ1) is 12.0. The molecule has 1 aliphatic heterocycles. The molecular weight excluding hydrogens is 244 g/mol. The Balaban J connectivity index is 1.62. The third kappa shape index (κ3) is 3.85. The van der Waals surface area contributed by atoms with Gasteiger partial charge < -0.3 is 10.1 Å². The summed E-state index contributed by atoms with van der Waals surface area (Å²) in [4.78, 5) is 4.06. The third-order valence-electron chi connectivity index (χ3n) is 2.41. The van der Waals surface area contributed by atoms with Crippen LogP contribution in [0.3, 0.4) is 0 Å². The van der Waals surface area contributed by atoms with E-state index in [0.717, 1.165) is 6.54 Å². The molecule has 0 radical (unpaired) electrons. The summed E-state index contributed by atoms with van der Waals surface area (Å²) >= 11 is 7.73. The first-order valence-corrected chi connectivity index (χ1v) is 6.93. The highest BCUT2D eigenvalue weighted by Gasteiger charge is 2.13. The molecule has 2 rings (SSSR count). The molecule has 0 aliphatic carbocycles. The molecule has 16 heavy (non-hydrogen) atoms. The minimum absolute atomic E-state index is 0.631. The normalized spacial score (nSPS) is 19.9. The average Bonchev–Trinajstić information content (AvgIpc) is 2.80. The zero-order chi connectivity index (χ0) is 11.2. The van der Waals surface area contributed by atoms with E-state index in [1.54, 1.807) is 18.3 Å². The van der Waals surface area contributed by atoms with Crippen LogP contribution in [0.15, 0.2) is 18.3 Å². The van der Waals surface area contributed by atoms with Gasteiger partial charge in [0.1, 0.15) is 6.61 Å². The predicted molar refractivity (Wildman–Crippen MR) is 68.5 cm³/mol. The minimum Gasteiger partial charge on any atom is -0.476 e. The van der Waals surface area contributed by atoms with Gasteiger partial charge >= 0.3 is 0 Å². The lowest BCUT2D eigenvalue weighted by molar-refractivity contribution is 0.296. The highest BCUT2D eigenvalue weighted by molar-refractivity contribution is 7.99. The summed E-state index contributed by atoms with van der Waals surface area (Å²) in [5, 5.41) is 4.10. The molecule has 0 saturated carbocycles. The van der Waals surface area contributed by atoms with E-state index in [1.807, 2.05) is 11.8 Å². The Labute approximate surface area is 105 Å². The van der Waals surface area contributed by atoms with Gasteiger partial charge in [-0.2, -0.15) is 11.8 Å². The molecule has 1 atom stereocenters. The van der Waals surface area contributed by atoms with Crippen LogP contribution in [0.25, 0.3) is 0 Å². The van der Waals surface area contributed by atoms with E-state index in [0.29, 0.717) is 23.6 Å². The van der Waals surface area contributed by atoms with Gasteiger partial charge in [-0.25, -0.2) is 4.98 Å². The van der Waals surface area contributed by atoms with Gasteiger partial charge in [0.15, 0.2) is 0 Å². The van der Waals surface area contributed by atoms with Crippen LogP contribution < -0.4 is 10.1 Å². The van der Waals surface area contributed by atoms with Crippen LogP contribution >= 0.6 is 23.4 Å². The van der Waals surface area contributed by atoms with Gasteiger partial charge in [0.05, 0.1) is 5.02 Å². The zero-order valence-corrected chi connectivity index (χ0v) is 10.6. The second-order valence-corrected chi connectivity index (χ2v) is 5.26. The lowest BCUT2D eigenvalue weighted by Gasteiger charge is -2.11. The quantitative estimate of drug-likeness (QED) is 0.822. The number of thioether (sulfide) groups is 1. The number of halogens is 1. The van der Waals surface area contributed by atoms with Crippen molar-refractivity contribution in [3.05, 3.63) is 23.4 Å². The molecule has 88 valence electrons. The van der Waals surface area contributed by atoms with E-state index in [-0.39, 0.29) is 0 Å². The van der Waals surface area contributed by atoms with Crippen LogP contribution in [0.4, 0.5) is 0 Å².